The van der Waals surface area contributed by atoms with Crippen molar-refractivity contribution < 1.29 is 14.2 Å². The van der Waals surface area contributed by atoms with E-state index in [-0.39, 0.29) is 11.6 Å². The number of nitrogens with zero attached hydrogens (tertiary/aromatic N) is 2. The van der Waals surface area contributed by atoms with Gasteiger partial charge in [-0.3, -0.25) is 9.59 Å². The Kier molecular flexibility index (Phi) is 9.08. The second-order valence-electron chi connectivity index (χ2n) is 13.3. The summed E-state index contributed by atoms with van der Waals surface area (Å²) in [5.74, 6) is -0.869. The van der Waals surface area contributed by atoms with E-state index in [4.69, 9.17) is 0 Å². The molecule has 0 N–H and O–H groups in total. The van der Waals surface area contributed by atoms with Crippen LogP contribution in [0.15, 0.2) is 109 Å². The van der Waals surface area contributed by atoms with E-state index >= 15 is 0 Å². The van der Waals surface area contributed by atoms with E-state index in [1.807, 2.05) is 24.3 Å². The number of rotatable bonds is 12. The summed E-state index contributed by atoms with van der Waals surface area (Å²) in [6.45, 7) is 7.96. The molecule has 0 amide bonds. The number of unbranched alkanes of at least 4 members (excludes halogenated alkanes) is 5. The molecular weight excluding hydrogens is 588 g/mol. The molecule has 4 heteroatoms. The smallest absolute Gasteiger partial charge is 0.213 e. The normalized spacial score (nSPS) is 15.9. The average Bonchev–Trinajstić information content (AvgIpc) is 3.57. The summed E-state index contributed by atoms with van der Waals surface area (Å²) in [4.78, 5) is 29.1. The van der Waals surface area contributed by atoms with E-state index in [1.54, 1.807) is 0 Å². The Hall–Kier alpha value is -4.83. The van der Waals surface area contributed by atoms with Crippen LogP contribution in [0.3, 0.4) is 0 Å². The number of hydrogen-bond acceptors (Lipinski definition) is 2. The molecule has 0 saturated heterocycles. The first-order valence-corrected chi connectivity index (χ1v) is 17.8. The third-order valence-corrected chi connectivity index (χ3v) is 10.4. The molecule has 1 aliphatic carbocycles. The lowest BCUT2D eigenvalue weighted by molar-refractivity contribution is -0.433. The van der Waals surface area contributed by atoms with Gasteiger partial charge in [-0.05, 0) is 60.7 Å². The van der Waals surface area contributed by atoms with Crippen molar-refractivity contribution in [2.24, 2.45) is 0 Å². The van der Waals surface area contributed by atoms with E-state index in [0.717, 1.165) is 81.6 Å². The molecule has 1 fully saturated rings. The van der Waals surface area contributed by atoms with Gasteiger partial charge in [-0.1, -0.05) is 118 Å². The number of aromatic nitrogens is 1. The molecule has 2 aliphatic rings. The quantitative estimate of drug-likeness (QED) is 0.0451. The van der Waals surface area contributed by atoms with E-state index in [2.05, 4.69) is 109 Å². The van der Waals surface area contributed by atoms with Gasteiger partial charge in [-0.2, -0.15) is 4.58 Å². The maximum Gasteiger partial charge on any atom is 0.213 e. The number of allylic oxidation sites excluding steroid dienone is 2. The minimum atomic E-state index is -0.777. The molecule has 5 aromatic rings. The number of fused-ring (bicyclic) bond motifs is 2. The fraction of sp³-hybridized carbons (Fsp3) is 0.295. The zero-order valence-corrected chi connectivity index (χ0v) is 28.5. The number of Topliss-reactive ketones (excluding diaryl/α,β-unsaturated/α-hetero) is 2. The first-order chi connectivity index (χ1) is 23.5. The molecule has 48 heavy (non-hydrogen) atoms. The summed E-state index contributed by atoms with van der Waals surface area (Å²) in [5, 5.41) is 0.992. The zero-order valence-electron chi connectivity index (χ0n) is 28.5. The lowest BCUT2D eigenvalue weighted by atomic mass is 9.69. The van der Waals surface area contributed by atoms with Crippen LogP contribution in [0.25, 0.3) is 27.6 Å². The topological polar surface area (TPSA) is 42.1 Å². The van der Waals surface area contributed by atoms with E-state index in [9.17, 15) is 9.59 Å². The van der Waals surface area contributed by atoms with Gasteiger partial charge in [-0.25, -0.2) is 0 Å². The van der Waals surface area contributed by atoms with Crippen molar-refractivity contribution in [2.45, 2.75) is 78.2 Å². The van der Waals surface area contributed by atoms with Crippen LogP contribution >= 0.6 is 0 Å². The van der Waals surface area contributed by atoms with E-state index < -0.39 is 5.92 Å². The maximum absolute atomic E-state index is 14.6. The molecule has 7 rings (SSSR count). The third-order valence-electron chi connectivity index (χ3n) is 10.4. The second kappa shape index (κ2) is 13.7. The van der Waals surface area contributed by atoms with E-state index in [0.29, 0.717) is 12.1 Å². The van der Waals surface area contributed by atoms with Crippen LogP contribution in [0, 0.1) is 6.92 Å². The zero-order chi connectivity index (χ0) is 33.2. The predicted octanol–water partition coefficient (Wildman–Crippen LogP) is 10.2. The first kappa shape index (κ1) is 31.8. The van der Waals surface area contributed by atoms with Crippen LogP contribution in [0.5, 0.6) is 0 Å². The summed E-state index contributed by atoms with van der Waals surface area (Å²) in [6, 6.07) is 35.5. The maximum atomic E-state index is 14.6. The summed E-state index contributed by atoms with van der Waals surface area (Å²) >= 11 is 0. The largest absolute Gasteiger partial charge is 0.340 e. The summed E-state index contributed by atoms with van der Waals surface area (Å²) < 4.78 is 4.61. The van der Waals surface area contributed by atoms with Gasteiger partial charge in [0.05, 0.1) is 16.7 Å². The Morgan fingerprint density at radius 2 is 1.35 bits per heavy atom. The third kappa shape index (κ3) is 5.57. The molecular formula is C44H45N2O2+. The number of carbonyl (C=O) groups is 2. The molecule has 2 heterocycles. The van der Waals surface area contributed by atoms with Crippen molar-refractivity contribution in [1.29, 1.82) is 0 Å². The van der Waals surface area contributed by atoms with Crippen LogP contribution in [0.2, 0.25) is 0 Å². The Labute approximate surface area is 284 Å². The van der Waals surface area contributed by atoms with Crippen LogP contribution < -0.4 is 0 Å². The van der Waals surface area contributed by atoms with Gasteiger partial charge in [0.1, 0.15) is 12.5 Å². The van der Waals surface area contributed by atoms with Crippen molar-refractivity contribution in [3.63, 3.8) is 0 Å². The van der Waals surface area contributed by atoms with Crippen LogP contribution in [-0.2, 0) is 16.1 Å². The van der Waals surface area contributed by atoms with Gasteiger partial charge in [0.2, 0.25) is 5.69 Å². The number of ketones is 2. The summed E-state index contributed by atoms with van der Waals surface area (Å²) in [6.07, 6.45) is 8.03. The second-order valence-corrected chi connectivity index (χ2v) is 13.3. The predicted molar refractivity (Wildman–Crippen MR) is 197 cm³/mol. The summed E-state index contributed by atoms with van der Waals surface area (Å²) in [7, 11) is 0. The Morgan fingerprint density at radius 3 is 2.08 bits per heavy atom. The number of carbonyl (C=O) groups excluding carboxylic acids is 2. The van der Waals surface area contributed by atoms with Gasteiger partial charge in [0.25, 0.3) is 0 Å². The Bertz CT molecular complexity index is 2050. The Morgan fingerprint density at radius 1 is 0.688 bits per heavy atom. The standard InChI is InChI=1S/C44H45N2O2/c1-4-6-7-8-9-16-25-38-40(35-28-33(32-21-14-11-15-22-32)26-27-37(35)45(38)5-2)42-43(47)41(44(42)48)39-30(3)46(29-31-19-12-10-13-20-31)36-24-18-17-23-34(36)39/h10-15,17-24,26-28,41H,4-9,16,25,29H2,1-3H3/q+1. The summed E-state index contributed by atoms with van der Waals surface area (Å²) in [5.41, 5.74) is 10.8. The van der Waals surface area contributed by atoms with Crippen molar-refractivity contribution in [3.05, 3.63) is 131 Å². The highest BCUT2D eigenvalue weighted by Gasteiger charge is 2.52. The monoisotopic (exact) mass is 633 g/mol. The van der Waals surface area contributed by atoms with Crippen LogP contribution in [0.1, 0.15) is 87.1 Å². The molecule has 1 saturated carbocycles. The fourth-order valence-electron chi connectivity index (χ4n) is 7.94. The molecule has 1 aliphatic heterocycles. The number of hydrogen-bond donors (Lipinski definition) is 0. The van der Waals surface area contributed by atoms with Gasteiger partial charge in [-0.15, -0.1) is 0 Å². The molecule has 4 nitrogen and oxygen atoms in total. The van der Waals surface area contributed by atoms with E-state index in [1.165, 1.54) is 31.2 Å². The fourth-order valence-corrected chi connectivity index (χ4v) is 7.94. The molecule has 0 bridgehead atoms. The molecule has 4 aromatic carbocycles. The average molecular weight is 634 g/mol. The molecule has 1 aromatic heterocycles. The highest BCUT2D eigenvalue weighted by Crippen LogP contribution is 2.48. The minimum Gasteiger partial charge on any atom is -0.340 e. The van der Waals surface area contributed by atoms with Crippen molar-refractivity contribution in [3.8, 4) is 11.1 Å². The molecule has 0 spiro atoms. The van der Waals surface area contributed by atoms with Gasteiger partial charge < -0.3 is 4.57 Å². The molecule has 0 radical (unpaired) electrons. The SMILES string of the molecule is CCCCCCCCC1=[N+](CC)c2ccc(-c3ccccc3)cc2C1=C1C(=O)C(c2c(C)n(Cc3ccccc3)c3ccccc23)C1=O. The van der Waals surface area contributed by atoms with Gasteiger partial charge in [0, 0.05) is 35.6 Å². The number of benzene rings is 4. The first-order valence-electron chi connectivity index (χ1n) is 17.8. The van der Waals surface area contributed by atoms with Gasteiger partial charge in [0.15, 0.2) is 17.3 Å². The van der Waals surface area contributed by atoms with Crippen LogP contribution in [-0.4, -0.2) is 33.0 Å². The lowest BCUT2D eigenvalue weighted by Crippen LogP contribution is -2.40. The van der Waals surface area contributed by atoms with Crippen molar-refractivity contribution >= 4 is 39.4 Å². The number of para-hydroxylation sites is 1. The highest BCUT2D eigenvalue weighted by atomic mass is 16.2. The molecule has 0 atom stereocenters. The molecule has 242 valence electrons. The van der Waals surface area contributed by atoms with Gasteiger partial charge >= 0.3 is 0 Å². The lowest BCUT2D eigenvalue weighted by Gasteiger charge is -2.28. The van der Waals surface area contributed by atoms with Crippen molar-refractivity contribution in [1.82, 2.24) is 4.57 Å². The van der Waals surface area contributed by atoms with Crippen molar-refractivity contribution in [2.75, 3.05) is 6.54 Å². The highest BCUT2D eigenvalue weighted by molar-refractivity contribution is 6.50. The Balaban J connectivity index is 1.31. The molecule has 0 unspecified atom stereocenters. The van der Waals surface area contributed by atoms with Crippen LogP contribution in [0.4, 0.5) is 5.69 Å². The minimum absolute atomic E-state index is 0.0461.